The highest BCUT2D eigenvalue weighted by Gasteiger charge is 2.48. The van der Waals surface area contributed by atoms with Gasteiger partial charge in [0.1, 0.15) is 22.9 Å². The summed E-state index contributed by atoms with van der Waals surface area (Å²) in [5, 5.41) is 5.55. The molecule has 1 atom stereocenters. The summed E-state index contributed by atoms with van der Waals surface area (Å²) in [6.07, 6.45) is 4.22. The van der Waals surface area contributed by atoms with Gasteiger partial charge in [0.15, 0.2) is 5.69 Å². The molecular formula is C27H34F2N4O5. The zero-order valence-electron chi connectivity index (χ0n) is 22.2. The first-order valence-corrected chi connectivity index (χ1v) is 12.9. The van der Waals surface area contributed by atoms with Crippen LogP contribution in [0.15, 0.2) is 34.4 Å². The molecule has 0 unspecified atom stereocenters. The molecule has 1 aliphatic carbocycles. The van der Waals surface area contributed by atoms with E-state index in [1.807, 2.05) is 13.8 Å². The highest BCUT2D eigenvalue weighted by atomic mass is 19.1. The first-order valence-electron chi connectivity index (χ1n) is 12.9. The van der Waals surface area contributed by atoms with Gasteiger partial charge in [0.25, 0.3) is 11.8 Å². The van der Waals surface area contributed by atoms with Crippen molar-refractivity contribution in [1.82, 2.24) is 14.8 Å². The van der Waals surface area contributed by atoms with Gasteiger partial charge in [-0.1, -0.05) is 26.3 Å². The molecule has 0 spiro atoms. The van der Waals surface area contributed by atoms with E-state index >= 15 is 0 Å². The number of carbonyl (C=O) groups is 2. The molecule has 0 radical (unpaired) electrons. The minimum Gasteiger partial charge on any atom is -0.380 e. The second kappa shape index (κ2) is 12.4. The Morgan fingerprint density at radius 1 is 1.24 bits per heavy atom. The Morgan fingerprint density at radius 2 is 1.95 bits per heavy atom. The third-order valence-corrected chi connectivity index (χ3v) is 6.99. The van der Waals surface area contributed by atoms with Gasteiger partial charge in [0.2, 0.25) is 5.43 Å². The van der Waals surface area contributed by atoms with Crippen LogP contribution >= 0.6 is 0 Å². The minimum absolute atomic E-state index is 0.0775. The Hall–Kier alpha value is -3.47. The predicted octanol–water partition coefficient (Wildman–Crippen LogP) is 4.63. The summed E-state index contributed by atoms with van der Waals surface area (Å²) in [6, 6.07) is 2.97. The fourth-order valence-electron chi connectivity index (χ4n) is 4.69. The molecule has 11 heteroatoms. The van der Waals surface area contributed by atoms with Gasteiger partial charge in [-0.3, -0.25) is 14.4 Å². The Labute approximate surface area is 220 Å². The molecule has 206 valence electrons. The summed E-state index contributed by atoms with van der Waals surface area (Å²) in [5.74, 6) is -2.97. The third kappa shape index (κ3) is 5.98. The van der Waals surface area contributed by atoms with Crippen molar-refractivity contribution in [2.24, 2.45) is 5.18 Å². The molecule has 1 aromatic carbocycles. The van der Waals surface area contributed by atoms with E-state index in [0.717, 1.165) is 25.0 Å². The Kier molecular flexibility index (Phi) is 9.48. The lowest BCUT2D eigenvalue weighted by atomic mass is 10.0. The van der Waals surface area contributed by atoms with Crippen molar-refractivity contribution in [2.75, 3.05) is 20.3 Å². The Morgan fingerprint density at radius 3 is 2.50 bits per heavy atom. The molecule has 2 aromatic rings. The number of hydrogen-bond donors (Lipinski definition) is 1. The van der Waals surface area contributed by atoms with E-state index in [-0.39, 0.29) is 30.5 Å². The highest BCUT2D eigenvalue weighted by Crippen LogP contribution is 2.46. The number of ether oxygens (including phenoxy) is 1. The molecule has 1 heterocycles. The average Bonchev–Trinajstić information content (AvgIpc) is 3.66. The van der Waals surface area contributed by atoms with Crippen molar-refractivity contribution in [3.8, 4) is 0 Å². The molecule has 1 aromatic heterocycles. The molecular weight excluding hydrogens is 498 g/mol. The second-order valence-corrected chi connectivity index (χ2v) is 9.48. The number of nitrogens with one attached hydrogen (secondary N) is 1. The minimum atomic E-state index is -1.10. The maximum absolute atomic E-state index is 14.5. The third-order valence-electron chi connectivity index (χ3n) is 6.99. The van der Waals surface area contributed by atoms with Gasteiger partial charge < -0.3 is 19.5 Å². The average molecular weight is 533 g/mol. The normalized spacial score (nSPS) is 14.6. The van der Waals surface area contributed by atoms with E-state index < -0.39 is 45.7 Å². The summed E-state index contributed by atoms with van der Waals surface area (Å²) < 4.78 is 34.6. The number of nitrogens with zero attached hydrogens (tertiary/aromatic N) is 3. The second-order valence-electron chi connectivity index (χ2n) is 9.48. The fraction of sp³-hybridized carbons (Fsp3) is 0.519. The van der Waals surface area contributed by atoms with E-state index in [9.17, 15) is 28.1 Å². The largest absolute Gasteiger partial charge is 0.380 e. The highest BCUT2D eigenvalue weighted by molar-refractivity contribution is 6.00. The molecule has 2 amide bonds. The van der Waals surface area contributed by atoms with Crippen LogP contribution in [0.5, 0.6) is 0 Å². The van der Waals surface area contributed by atoms with E-state index in [2.05, 4.69) is 10.5 Å². The molecule has 1 saturated carbocycles. The maximum Gasteiger partial charge on any atom is 0.273 e. The number of hydrogen-bond acceptors (Lipinski definition) is 6. The predicted molar refractivity (Wildman–Crippen MR) is 138 cm³/mol. The van der Waals surface area contributed by atoms with Crippen molar-refractivity contribution in [3.63, 3.8) is 0 Å². The molecule has 38 heavy (non-hydrogen) atoms. The van der Waals surface area contributed by atoms with Crippen LogP contribution in [0, 0.1) is 16.5 Å². The number of carbonyl (C=O) groups excluding carboxylic acids is 2. The van der Waals surface area contributed by atoms with Crippen LogP contribution in [-0.2, 0) is 16.8 Å². The van der Waals surface area contributed by atoms with Gasteiger partial charge >= 0.3 is 0 Å². The van der Waals surface area contributed by atoms with Crippen molar-refractivity contribution >= 4 is 17.5 Å². The van der Waals surface area contributed by atoms with E-state index in [1.54, 1.807) is 14.0 Å². The lowest BCUT2D eigenvalue weighted by molar-refractivity contribution is 0.0702. The van der Waals surface area contributed by atoms with Crippen molar-refractivity contribution < 1.29 is 23.1 Å². The van der Waals surface area contributed by atoms with Crippen molar-refractivity contribution in [3.05, 3.63) is 68.0 Å². The summed E-state index contributed by atoms with van der Waals surface area (Å²) >= 11 is 0. The number of pyridine rings is 1. The monoisotopic (exact) mass is 532 g/mol. The van der Waals surface area contributed by atoms with Crippen LogP contribution in [0.2, 0.25) is 0 Å². The lowest BCUT2D eigenvalue weighted by Crippen LogP contribution is -2.41. The smallest absolute Gasteiger partial charge is 0.273 e. The van der Waals surface area contributed by atoms with Gasteiger partial charge in [-0.2, -0.15) is 0 Å². The summed E-state index contributed by atoms with van der Waals surface area (Å²) in [5.41, 5.74) is -3.30. The van der Waals surface area contributed by atoms with Gasteiger partial charge in [-0.25, -0.2) is 8.78 Å². The zero-order valence-corrected chi connectivity index (χ0v) is 22.2. The van der Waals surface area contributed by atoms with Gasteiger partial charge in [0.05, 0.1) is 12.1 Å². The molecule has 0 aliphatic heterocycles. The molecule has 9 nitrogen and oxygen atoms in total. The van der Waals surface area contributed by atoms with Gasteiger partial charge in [0, 0.05) is 44.1 Å². The van der Waals surface area contributed by atoms with Crippen LogP contribution in [0.25, 0.3) is 0 Å². The van der Waals surface area contributed by atoms with E-state index in [1.165, 1.54) is 21.7 Å². The number of aromatic nitrogens is 1. The number of amides is 2. The molecule has 1 fully saturated rings. The van der Waals surface area contributed by atoms with Crippen LogP contribution in [-0.4, -0.2) is 47.6 Å². The Balaban J connectivity index is 2.05. The molecule has 1 aliphatic rings. The number of halogens is 2. The van der Waals surface area contributed by atoms with Crippen LogP contribution in [0.3, 0.4) is 0 Å². The number of nitroso groups, excluding NO2 is 1. The Bertz CT molecular complexity index is 1260. The summed E-state index contributed by atoms with van der Waals surface area (Å²) in [7, 11) is 1.60. The molecule has 0 saturated heterocycles. The molecule has 3 rings (SSSR count). The summed E-state index contributed by atoms with van der Waals surface area (Å²) in [6.45, 7) is 6.36. The van der Waals surface area contributed by atoms with Crippen LogP contribution < -0.4 is 10.7 Å². The first kappa shape index (κ1) is 29.1. The van der Waals surface area contributed by atoms with Crippen molar-refractivity contribution in [2.45, 2.75) is 71.0 Å². The molecule has 1 N–H and O–H groups in total. The van der Waals surface area contributed by atoms with Gasteiger partial charge in [-0.05, 0) is 43.9 Å². The van der Waals surface area contributed by atoms with E-state index in [4.69, 9.17) is 4.74 Å². The standard InChI is InChI=1S/C27H34F2N4O5/c1-5-8-18(6-2)32(4)26(36)23-22(31-37)24(34)19(16-33(23)13-14-38-7-3)25(35)30-27(11-12-27)20-10-9-17(28)15-21(20)29/h9-10,15-16,18H,5-8,11-14H2,1-4H3,(H,30,35)/t18-/m0/s1. The van der Waals surface area contributed by atoms with E-state index in [0.29, 0.717) is 25.9 Å². The SMILES string of the molecule is CCC[C@H](CC)N(C)C(=O)c1c(N=O)c(=O)c(C(=O)NC2(c3ccc(F)cc3F)CC2)cn1CCOCC. The van der Waals surface area contributed by atoms with Crippen molar-refractivity contribution in [1.29, 1.82) is 0 Å². The number of rotatable bonds is 13. The molecule has 0 bridgehead atoms. The quantitative estimate of drug-likeness (QED) is 0.299. The summed E-state index contributed by atoms with van der Waals surface area (Å²) in [4.78, 5) is 53.5. The topological polar surface area (TPSA) is 110 Å². The maximum atomic E-state index is 14.5. The first-order chi connectivity index (χ1) is 18.1. The zero-order chi connectivity index (χ0) is 28.0. The lowest BCUT2D eigenvalue weighted by Gasteiger charge is -2.28. The fourth-order valence-corrected chi connectivity index (χ4v) is 4.69. The van der Waals surface area contributed by atoms with Gasteiger partial charge in [-0.15, -0.1) is 4.91 Å². The number of benzene rings is 1. The van der Waals surface area contributed by atoms with Crippen LogP contribution in [0.1, 0.15) is 79.3 Å². The van der Waals surface area contributed by atoms with Crippen LogP contribution in [0.4, 0.5) is 14.5 Å².